The molecular weight excluding hydrogens is 250 g/mol. The lowest BCUT2D eigenvalue weighted by Gasteiger charge is -2.14. The maximum atomic E-state index is 11.2. The van der Waals surface area contributed by atoms with Gasteiger partial charge in [-0.15, -0.1) is 0 Å². The van der Waals surface area contributed by atoms with Crippen molar-refractivity contribution in [1.29, 1.82) is 0 Å². The van der Waals surface area contributed by atoms with Gasteiger partial charge in [-0.2, -0.15) is 0 Å². The molecule has 0 aliphatic heterocycles. The van der Waals surface area contributed by atoms with Crippen LogP contribution in [-0.2, 0) is 16.0 Å². The van der Waals surface area contributed by atoms with E-state index in [2.05, 4.69) is 43.4 Å². The Bertz CT molecular complexity index is 386. The van der Waals surface area contributed by atoms with Gasteiger partial charge in [0.25, 0.3) is 0 Å². The third-order valence-electron chi connectivity index (χ3n) is 3.33. The minimum absolute atomic E-state index is 0.106. The zero-order valence-electron chi connectivity index (χ0n) is 12.9. The predicted molar refractivity (Wildman–Crippen MR) is 82.7 cm³/mol. The van der Waals surface area contributed by atoms with Gasteiger partial charge in [0.2, 0.25) is 0 Å². The second-order valence-electron chi connectivity index (χ2n) is 5.08. The van der Waals surface area contributed by atoms with Gasteiger partial charge in [0.05, 0.1) is 6.61 Å². The van der Waals surface area contributed by atoms with Crippen LogP contribution in [0.25, 0.3) is 0 Å². The van der Waals surface area contributed by atoms with E-state index >= 15 is 0 Å². The molecule has 0 fully saturated rings. The maximum absolute atomic E-state index is 11.2. The summed E-state index contributed by atoms with van der Waals surface area (Å²) in [5.41, 5.74) is 2.69. The monoisotopic (exact) mass is 277 g/mol. The number of nitrogens with one attached hydrogen (secondary N) is 1. The van der Waals surface area contributed by atoms with Crippen molar-refractivity contribution in [1.82, 2.24) is 5.32 Å². The summed E-state index contributed by atoms with van der Waals surface area (Å²) in [7, 11) is 0. The fraction of sp³-hybridized carbons (Fsp3) is 0.588. The smallest absolute Gasteiger partial charge is 0.305 e. The highest BCUT2D eigenvalue weighted by molar-refractivity contribution is 5.69. The minimum Gasteiger partial charge on any atom is -0.466 e. The fourth-order valence-corrected chi connectivity index (χ4v) is 2.16. The molecule has 20 heavy (non-hydrogen) atoms. The van der Waals surface area contributed by atoms with Gasteiger partial charge in [-0.25, -0.2) is 0 Å². The second-order valence-corrected chi connectivity index (χ2v) is 5.08. The van der Waals surface area contributed by atoms with Crippen molar-refractivity contribution < 1.29 is 9.53 Å². The van der Waals surface area contributed by atoms with Crippen LogP contribution >= 0.6 is 0 Å². The molecule has 0 aromatic heterocycles. The van der Waals surface area contributed by atoms with E-state index in [-0.39, 0.29) is 5.97 Å². The summed E-state index contributed by atoms with van der Waals surface area (Å²) in [5.74, 6) is -0.106. The van der Waals surface area contributed by atoms with Crippen molar-refractivity contribution in [3.8, 4) is 0 Å². The van der Waals surface area contributed by atoms with Crippen LogP contribution in [0.5, 0.6) is 0 Å². The zero-order valence-corrected chi connectivity index (χ0v) is 12.9. The lowest BCUT2D eigenvalue weighted by Crippen LogP contribution is -2.20. The van der Waals surface area contributed by atoms with Gasteiger partial charge in [-0.1, -0.05) is 37.6 Å². The van der Waals surface area contributed by atoms with Crippen LogP contribution in [0, 0.1) is 0 Å². The lowest BCUT2D eigenvalue weighted by molar-refractivity contribution is -0.143. The van der Waals surface area contributed by atoms with Gasteiger partial charge >= 0.3 is 5.97 Å². The van der Waals surface area contributed by atoms with E-state index in [1.807, 2.05) is 6.92 Å². The van der Waals surface area contributed by atoms with Gasteiger partial charge in [0.1, 0.15) is 0 Å². The average Bonchev–Trinajstić information content (AvgIpc) is 2.45. The largest absolute Gasteiger partial charge is 0.466 e. The predicted octanol–water partition coefficient (Wildman–Crippen LogP) is 3.63. The molecular formula is C17H27NO2. The molecule has 1 aromatic rings. The molecule has 0 aliphatic carbocycles. The summed E-state index contributed by atoms with van der Waals surface area (Å²) < 4.78 is 4.90. The van der Waals surface area contributed by atoms with Crippen molar-refractivity contribution in [3.05, 3.63) is 35.4 Å². The molecule has 0 saturated heterocycles. The number of carbonyl (C=O) groups is 1. The van der Waals surface area contributed by atoms with Crippen molar-refractivity contribution in [2.45, 2.75) is 52.5 Å². The van der Waals surface area contributed by atoms with Crippen LogP contribution in [0.4, 0.5) is 0 Å². The highest BCUT2D eigenvalue weighted by Gasteiger charge is 2.05. The number of carbonyl (C=O) groups excluding carboxylic acids is 1. The summed E-state index contributed by atoms with van der Waals surface area (Å²) in [5, 5.41) is 3.44. The van der Waals surface area contributed by atoms with E-state index in [0.717, 1.165) is 19.4 Å². The van der Waals surface area contributed by atoms with E-state index in [9.17, 15) is 4.79 Å². The molecule has 0 spiro atoms. The maximum Gasteiger partial charge on any atom is 0.305 e. The molecule has 112 valence electrons. The third-order valence-corrected chi connectivity index (χ3v) is 3.33. The number of esters is 1. The molecule has 0 aliphatic rings. The Morgan fingerprint density at radius 1 is 1.25 bits per heavy atom. The summed E-state index contributed by atoms with van der Waals surface area (Å²) in [6.45, 7) is 7.48. The molecule has 0 saturated carbocycles. The molecule has 0 bridgehead atoms. The van der Waals surface area contributed by atoms with Gasteiger partial charge in [0, 0.05) is 12.5 Å². The number of hydrogen-bond donors (Lipinski definition) is 1. The molecule has 1 aromatic carbocycles. The van der Waals surface area contributed by atoms with Crippen LogP contribution in [0.15, 0.2) is 24.3 Å². The Kier molecular flexibility index (Phi) is 7.97. The molecule has 1 N–H and O–H groups in total. The third kappa shape index (κ3) is 6.20. The molecule has 0 amide bonds. The van der Waals surface area contributed by atoms with Crippen LogP contribution in [0.2, 0.25) is 0 Å². The molecule has 1 rings (SSSR count). The summed E-state index contributed by atoms with van der Waals surface area (Å²) >= 11 is 0. The Balaban J connectivity index is 2.28. The van der Waals surface area contributed by atoms with Crippen LogP contribution in [0.3, 0.4) is 0 Å². The van der Waals surface area contributed by atoms with Crippen LogP contribution in [-0.4, -0.2) is 19.1 Å². The van der Waals surface area contributed by atoms with Crippen LogP contribution in [0.1, 0.15) is 57.2 Å². The summed E-state index contributed by atoms with van der Waals surface area (Å²) in [6, 6.07) is 9.10. The highest BCUT2D eigenvalue weighted by atomic mass is 16.5. The van der Waals surface area contributed by atoms with E-state index in [1.54, 1.807) is 0 Å². The Labute approximate surface area is 122 Å². The Morgan fingerprint density at radius 3 is 2.55 bits per heavy atom. The average molecular weight is 277 g/mol. The van der Waals surface area contributed by atoms with Crippen molar-refractivity contribution in [2.75, 3.05) is 13.2 Å². The first-order valence-corrected chi connectivity index (χ1v) is 7.65. The zero-order chi connectivity index (χ0) is 14.8. The van der Waals surface area contributed by atoms with Gasteiger partial charge in [-0.3, -0.25) is 4.79 Å². The highest BCUT2D eigenvalue weighted by Crippen LogP contribution is 2.14. The van der Waals surface area contributed by atoms with E-state index < -0.39 is 0 Å². The first kappa shape index (κ1) is 16.7. The topological polar surface area (TPSA) is 38.3 Å². The molecule has 1 atom stereocenters. The summed E-state index contributed by atoms with van der Waals surface area (Å²) in [4.78, 5) is 11.2. The first-order valence-electron chi connectivity index (χ1n) is 7.65. The number of hydrogen-bond acceptors (Lipinski definition) is 3. The fourth-order valence-electron chi connectivity index (χ4n) is 2.16. The SMILES string of the molecule is CCCc1ccc(C(C)NCCCC(=O)OCC)cc1. The first-order chi connectivity index (χ1) is 9.67. The van der Waals surface area contributed by atoms with Gasteiger partial charge < -0.3 is 10.1 Å². The number of benzene rings is 1. The standard InChI is InChI=1S/C17H27NO2/c1-4-7-15-9-11-16(12-10-15)14(3)18-13-6-8-17(19)20-5-2/h9-12,14,18H,4-8,13H2,1-3H3. The molecule has 0 heterocycles. The van der Waals surface area contributed by atoms with Crippen LogP contribution < -0.4 is 5.32 Å². The number of ether oxygens (including phenoxy) is 1. The van der Waals surface area contributed by atoms with Gasteiger partial charge in [-0.05, 0) is 44.4 Å². The van der Waals surface area contributed by atoms with E-state index in [1.165, 1.54) is 17.5 Å². The number of rotatable bonds is 9. The molecule has 1 unspecified atom stereocenters. The quantitative estimate of drug-likeness (QED) is 0.553. The normalized spacial score (nSPS) is 12.2. The number of aryl methyl sites for hydroxylation is 1. The van der Waals surface area contributed by atoms with E-state index in [4.69, 9.17) is 4.74 Å². The lowest BCUT2D eigenvalue weighted by atomic mass is 10.0. The van der Waals surface area contributed by atoms with Crippen molar-refractivity contribution >= 4 is 5.97 Å². The second kappa shape index (κ2) is 9.54. The molecule has 0 radical (unpaired) electrons. The van der Waals surface area contributed by atoms with Crippen molar-refractivity contribution in [2.24, 2.45) is 0 Å². The Hall–Kier alpha value is -1.35. The minimum atomic E-state index is -0.106. The summed E-state index contributed by atoms with van der Waals surface area (Å²) in [6.07, 6.45) is 3.63. The van der Waals surface area contributed by atoms with Gasteiger partial charge in [0.15, 0.2) is 0 Å². The van der Waals surface area contributed by atoms with Crippen molar-refractivity contribution in [3.63, 3.8) is 0 Å². The Morgan fingerprint density at radius 2 is 1.95 bits per heavy atom. The molecule has 3 heteroatoms. The van der Waals surface area contributed by atoms with E-state index in [0.29, 0.717) is 19.1 Å². The molecule has 3 nitrogen and oxygen atoms in total.